The number of rotatable bonds is 31. The number of carbonyl (C=O) groups excluding carboxylic acids is 1. The van der Waals surface area contributed by atoms with Crippen LogP contribution in [0.1, 0.15) is 186 Å². The molecule has 0 heterocycles. The molecule has 0 aromatic heterocycles. The van der Waals surface area contributed by atoms with E-state index in [1.54, 1.807) is 6.08 Å². The maximum Gasteiger partial charge on any atom is 0.234 e. The van der Waals surface area contributed by atoms with Gasteiger partial charge in [0.05, 0.1) is 6.54 Å². The van der Waals surface area contributed by atoms with Gasteiger partial charge in [0.2, 0.25) is 6.08 Å². The Morgan fingerprint density at radius 1 is 0.343 bits per heavy atom. The van der Waals surface area contributed by atoms with Crippen LogP contribution in [0.3, 0.4) is 0 Å². The Balaban J connectivity index is 3.01. The number of hydrogen-bond donors (Lipinski definition) is 1. The topological polar surface area (TPSA) is 29.4 Å². The largest absolute Gasteiger partial charge is 0.234 e. The molecule has 0 bridgehead atoms. The minimum atomic E-state index is 0.668. The number of hydrogen-bond acceptors (Lipinski definition) is 3. The van der Waals surface area contributed by atoms with E-state index in [-0.39, 0.29) is 0 Å². The Bertz CT molecular complexity index is 422. The third-order valence-corrected chi connectivity index (χ3v) is 7.81. The maximum atomic E-state index is 9.97. The summed E-state index contributed by atoms with van der Waals surface area (Å²) >= 11 is 4.28. The van der Waals surface area contributed by atoms with Crippen LogP contribution in [0.2, 0.25) is 0 Å². The molecular weight excluding hydrogens is 446 g/mol. The van der Waals surface area contributed by atoms with Crippen molar-refractivity contribution >= 4 is 18.7 Å². The average Bonchev–Trinajstić information content (AvgIpc) is 2.87. The van der Waals surface area contributed by atoms with Gasteiger partial charge in [-0.15, -0.1) is 0 Å². The molecule has 0 atom stereocenters. The van der Waals surface area contributed by atoms with Gasteiger partial charge in [-0.1, -0.05) is 173 Å². The van der Waals surface area contributed by atoms with Crippen molar-refractivity contribution in [2.75, 3.05) is 12.3 Å². The fourth-order valence-electron chi connectivity index (χ4n) is 5.12. The van der Waals surface area contributed by atoms with E-state index in [2.05, 4.69) is 17.6 Å². The number of aliphatic imine (C=N–C) groups is 1. The highest BCUT2D eigenvalue weighted by molar-refractivity contribution is 7.80. The van der Waals surface area contributed by atoms with Crippen LogP contribution in [0.15, 0.2) is 4.99 Å². The van der Waals surface area contributed by atoms with Crippen molar-refractivity contribution in [3.63, 3.8) is 0 Å². The normalized spacial score (nSPS) is 11.1. The Kier molecular flexibility index (Phi) is 33.5. The van der Waals surface area contributed by atoms with Crippen molar-refractivity contribution < 1.29 is 4.79 Å². The third-order valence-electron chi connectivity index (χ3n) is 7.49. The van der Waals surface area contributed by atoms with Crippen LogP contribution in [0.5, 0.6) is 0 Å². The Hall–Kier alpha value is -0.270. The molecule has 2 nitrogen and oxygen atoms in total. The zero-order valence-electron chi connectivity index (χ0n) is 23.7. The molecule has 3 heteroatoms. The molecule has 0 spiro atoms. The minimum absolute atomic E-state index is 0.668. The first-order chi connectivity index (χ1) is 17.4. The molecule has 0 aromatic rings. The number of isocyanates is 1. The van der Waals surface area contributed by atoms with Gasteiger partial charge in [0.25, 0.3) is 0 Å². The first kappa shape index (κ1) is 34.7. The van der Waals surface area contributed by atoms with Crippen molar-refractivity contribution in [1.29, 1.82) is 0 Å². The molecular formula is C32H63NOS. The molecule has 0 radical (unpaired) electrons. The van der Waals surface area contributed by atoms with Gasteiger partial charge in [0, 0.05) is 0 Å². The highest BCUT2D eigenvalue weighted by Crippen LogP contribution is 2.16. The van der Waals surface area contributed by atoms with Gasteiger partial charge >= 0.3 is 0 Å². The van der Waals surface area contributed by atoms with Gasteiger partial charge in [-0.2, -0.15) is 12.6 Å². The van der Waals surface area contributed by atoms with Gasteiger partial charge in [-0.3, -0.25) is 0 Å². The Labute approximate surface area is 226 Å². The fourth-order valence-corrected chi connectivity index (χ4v) is 5.34. The van der Waals surface area contributed by atoms with E-state index < -0.39 is 0 Å². The Morgan fingerprint density at radius 2 is 0.543 bits per heavy atom. The average molecular weight is 510 g/mol. The van der Waals surface area contributed by atoms with Crippen LogP contribution >= 0.6 is 12.6 Å². The lowest BCUT2D eigenvalue weighted by molar-refractivity contribution is 0.513. The molecule has 0 N–H and O–H groups in total. The van der Waals surface area contributed by atoms with E-state index in [4.69, 9.17) is 0 Å². The van der Waals surface area contributed by atoms with Crippen LogP contribution in [0.25, 0.3) is 0 Å². The van der Waals surface area contributed by atoms with E-state index >= 15 is 0 Å². The smallest absolute Gasteiger partial charge is 0.211 e. The van der Waals surface area contributed by atoms with Crippen LogP contribution < -0.4 is 0 Å². The van der Waals surface area contributed by atoms with Gasteiger partial charge < -0.3 is 0 Å². The van der Waals surface area contributed by atoms with Crippen LogP contribution in [0, 0.1) is 0 Å². The van der Waals surface area contributed by atoms with Crippen LogP contribution in [0.4, 0.5) is 0 Å². The highest BCUT2D eigenvalue weighted by atomic mass is 32.1. The van der Waals surface area contributed by atoms with Crippen molar-refractivity contribution in [2.24, 2.45) is 4.99 Å². The highest BCUT2D eigenvalue weighted by Gasteiger charge is 1.97. The standard InChI is InChI=1S/C32H63NOS/c34-32-33-30-28-26-24-22-20-18-16-14-12-10-8-6-4-2-1-3-5-7-9-11-13-15-17-19-21-23-25-27-29-31-35/h35H,1-31H2. The molecule has 0 fully saturated rings. The summed E-state index contributed by atoms with van der Waals surface area (Å²) in [6.45, 7) is 0.668. The lowest BCUT2D eigenvalue weighted by Gasteiger charge is -2.04. The fraction of sp³-hybridized carbons (Fsp3) is 0.969. The summed E-state index contributed by atoms with van der Waals surface area (Å²) in [5.74, 6) is 1.06. The van der Waals surface area contributed by atoms with E-state index in [0.717, 1.165) is 12.2 Å². The molecule has 208 valence electrons. The third kappa shape index (κ3) is 33.7. The predicted molar refractivity (Wildman–Crippen MR) is 161 cm³/mol. The monoisotopic (exact) mass is 509 g/mol. The molecule has 0 aliphatic carbocycles. The molecule has 0 unspecified atom stereocenters. The Morgan fingerprint density at radius 3 is 0.743 bits per heavy atom. The van der Waals surface area contributed by atoms with Crippen molar-refractivity contribution in [3.05, 3.63) is 0 Å². The lowest BCUT2D eigenvalue weighted by Crippen LogP contribution is -1.85. The van der Waals surface area contributed by atoms with Crippen LogP contribution in [-0.4, -0.2) is 18.4 Å². The van der Waals surface area contributed by atoms with E-state index in [9.17, 15) is 4.79 Å². The molecule has 0 aliphatic rings. The molecule has 0 saturated carbocycles. The van der Waals surface area contributed by atoms with E-state index in [1.165, 1.54) is 180 Å². The second-order valence-corrected chi connectivity index (χ2v) is 11.4. The maximum absolute atomic E-state index is 9.97. The molecule has 35 heavy (non-hydrogen) atoms. The molecule has 0 saturated heterocycles. The van der Waals surface area contributed by atoms with E-state index in [0.29, 0.717) is 6.54 Å². The summed E-state index contributed by atoms with van der Waals surface area (Å²) in [4.78, 5) is 13.6. The SMILES string of the molecule is O=C=NCCCCCCCCCCCCCCCCCCCCCCCCCCCCCCCS. The number of thiol groups is 1. The van der Waals surface area contributed by atoms with Crippen molar-refractivity contribution in [1.82, 2.24) is 0 Å². The van der Waals surface area contributed by atoms with Crippen molar-refractivity contribution in [3.8, 4) is 0 Å². The summed E-state index contributed by atoms with van der Waals surface area (Å²) in [6.07, 6.45) is 42.6. The minimum Gasteiger partial charge on any atom is -0.211 e. The number of unbranched alkanes of at least 4 members (excludes halogenated alkanes) is 28. The summed E-state index contributed by atoms with van der Waals surface area (Å²) in [5, 5.41) is 0. The first-order valence-electron chi connectivity index (χ1n) is 16.1. The van der Waals surface area contributed by atoms with Crippen LogP contribution in [-0.2, 0) is 4.79 Å². The van der Waals surface area contributed by atoms with E-state index in [1.807, 2.05) is 0 Å². The predicted octanol–water partition coefficient (Wildman–Crippen LogP) is 11.6. The quantitative estimate of drug-likeness (QED) is 0.0428. The zero-order valence-corrected chi connectivity index (χ0v) is 24.6. The number of nitrogens with zero attached hydrogens (tertiary/aromatic N) is 1. The zero-order chi connectivity index (χ0) is 25.3. The van der Waals surface area contributed by atoms with Gasteiger partial charge in [0.15, 0.2) is 0 Å². The summed E-state index contributed by atoms with van der Waals surface area (Å²) < 4.78 is 0. The van der Waals surface area contributed by atoms with Crippen molar-refractivity contribution in [2.45, 2.75) is 186 Å². The summed E-state index contributed by atoms with van der Waals surface area (Å²) in [6, 6.07) is 0. The summed E-state index contributed by atoms with van der Waals surface area (Å²) in [7, 11) is 0. The molecule has 0 rings (SSSR count). The van der Waals surface area contributed by atoms with Gasteiger partial charge in [-0.05, 0) is 18.6 Å². The second-order valence-electron chi connectivity index (χ2n) is 10.9. The van der Waals surface area contributed by atoms with Gasteiger partial charge in [-0.25, -0.2) is 9.79 Å². The first-order valence-corrected chi connectivity index (χ1v) is 16.7. The molecule has 0 amide bonds. The van der Waals surface area contributed by atoms with Gasteiger partial charge in [0.1, 0.15) is 0 Å². The second kappa shape index (κ2) is 33.7. The lowest BCUT2D eigenvalue weighted by atomic mass is 10.0. The molecule has 0 aliphatic heterocycles. The molecule has 0 aromatic carbocycles. The summed E-state index contributed by atoms with van der Waals surface area (Å²) in [5.41, 5.74) is 0.